The minimum Gasteiger partial charge on any atom is -0.456 e. The Bertz CT molecular complexity index is 3480. The maximum atomic E-state index is 6.38. The molecule has 0 aliphatic heterocycles. The number of aromatic nitrogens is 5. The predicted molar refractivity (Wildman–Crippen MR) is 228 cm³/mol. The third kappa shape index (κ3) is 4.38. The molecule has 0 unspecified atom stereocenters. The third-order valence-corrected chi connectivity index (χ3v) is 11.2. The molecule has 6 heteroatoms. The summed E-state index contributed by atoms with van der Waals surface area (Å²) in [6, 6.07) is 66.1. The summed E-state index contributed by atoms with van der Waals surface area (Å²) in [6.45, 7) is 0. The lowest BCUT2D eigenvalue weighted by atomic mass is 10.1. The highest BCUT2D eigenvalue weighted by molar-refractivity contribution is 6.27. The molecule has 0 N–H and O–H groups in total. The SMILES string of the molecule is c1ccc(-c2nnc(-c3ccc4c(c3)c3ccccc3n4-c3ccccc3-n3c4ccccc4c4c5c(ccc43)oc3ccccc35)n2-c2ccccc2)cc1. The molecule has 12 rings (SSSR count). The number of rotatable bonds is 5. The third-order valence-electron chi connectivity index (χ3n) is 11.2. The van der Waals surface area contributed by atoms with Gasteiger partial charge in [-0.2, -0.15) is 0 Å². The second-order valence-electron chi connectivity index (χ2n) is 14.2. The lowest BCUT2D eigenvalue weighted by molar-refractivity contribution is 0.669. The molecular formula is C50H31N5O. The van der Waals surface area contributed by atoms with Crippen molar-refractivity contribution in [1.82, 2.24) is 23.9 Å². The maximum Gasteiger partial charge on any atom is 0.168 e. The van der Waals surface area contributed by atoms with E-state index in [4.69, 9.17) is 14.6 Å². The van der Waals surface area contributed by atoms with E-state index in [-0.39, 0.29) is 0 Å². The van der Waals surface area contributed by atoms with Crippen molar-refractivity contribution in [2.75, 3.05) is 0 Å². The summed E-state index contributed by atoms with van der Waals surface area (Å²) in [5, 5.41) is 16.6. The summed E-state index contributed by atoms with van der Waals surface area (Å²) < 4.78 is 13.4. The van der Waals surface area contributed by atoms with E-state index >= 15 is 0 Å². The molecule has 0 spiro atoms. The standard InChI is InChI=1S/C50H31N5O/c1-3-15-32(16-4-1)49-51-52-50(53(49)34-17-5-2-6-18-34)33-27-28-41-38(31-33)35-19-7-10-22-39(35)54(41)42-24-12-13-25-43(42)55-40-23-11-8-20-36(40)47-44(55)29-30-46-48(47)37-21-9-14-26-45(37)56-46/h1-31H. The summed E-state index contributed by atoms with van der Waals surface area (Å²) >= 11 is 0. The molecule has 0 amide bonds. The number of furan rings is 1. The molecule has 0 saturated heterocycles. The average Bonchev–Trinajstić information content (AvgIpc) is 4.03. The Morgan fingerprint density at radius 3 is 1.66 bits per heavy atom. The van der Waals surface area contributed by atoms with Gasteiger partial charge >= 0.3 is 0 Å². The van der Waals surface area contributed by atoms with Crippen molar-refractivity contribution in [2.45, 2.75) is 0 Å². The van der Waals surface area contributed by atoms with Crippen LogP contribution in [0.25, 0.3) is 105 Å². The van der Waals surface area contributed by atoms with Crippen molar-refractivity contribution in [2.24, 2.45) is 0 Å². The number of hydrogen-bond acceptors (Lipinski definition) is 3. The summed E-state index contributed by atoms with van der Waals surface area (Å²) in [5.41, 5.74) is 11.5. The Balaban J connectivity index is 1.11. The number of hydrogen-bond donors (Lipinski definition) is 0. The minimum absolute atomic E-state index is 0.789. The molecule has 0 fully saturated rings. The van der Waals surface area contributed by atoms with Crippen LogP contribution in [0.2, 0.25) is 0 Å². The number of fused-ring (bicyclic) bond motifs is 10. The molecule has 6 nitrogen and oxygen atoms in total. The predicted octanol–water partition coefficient (Wildman–Crippen LogP) is 12.7. The lowest BCUT2D eigenvalue weighted by Crippen LogP contribution is -2.03. The largest absolute Gasteiger partial charge is 0.456 e. The zero-order valence-corrected chi connectivity index (χ0v) is 30.0. The fraction of sp³-hybridized carbons (Fsp3) is 0. The van der Waals surface area contributed by atoms with Crippen molar-refractivity contribution in [3.8, 4) is 39.8 Å². The first-order valence-electron chi connectivity index (χ1n) is 18.8. The van der Waals surface area contributed by atoms with Gasteiger partial charge < -0.3 is 13.6 Å². The van der Waals surface area contributed by atoms with Gasteiger partial charge in [0.2, 0.25) is 0 Å². The Morgan fingerprint density at radius 1 is 0.339 bits per heavy atom. The van der Waals surface area contributed by atoms with Gasteiger partial charge in [0.1, 0.15) is 11.2 Å². The number of benzene rings is 8. The average molecular weight is 718 g/mol. The molecule has 12 aromatic rings. The lowest BCUT2D eigenvalue weighted by Gasteiger charge is -2.16. The Labute approximate surface area is 320 Å². The van der Waals surface area contributed by atoms with Gasteiger partial charge in [-0.25, -0.2) is 0 Å². The second kappa shape index (κ2) is 11.9. The van der Waals surface area contributed by atoms with Gasteiger partial charge in [0.15, 0.2) is 11.6 Å². The van der Waals surface area contributed by atoms with E-state index in [9.17, 15) is 0 Å². The van der Waals surface area contributed by atoms with Gasteiger partial charge in [0, 0.05) is 49.1 Å². The maximum absolute atomic E-state index is 6.38. The van der Waals surface area contributed by atoms with Crippen molar-refractivity contribution in [3.63, 3.8) is 0 Å². The van der Waals surface area contributed by atoms with E-state index in [1.807, 2.05) is 30.3 Å². The van der Waals surface area contributed by atoms with Gasteiger partial charge in [-0.1, -0.05) is 115 Å². The zero-order valence-electron chi connectivity index (χ0n) is 30.0. The van der Waals surface area contributed by atoms with Gasteiger partial charge in [0.05, 0.1) is 33.4 Å². The fourth-order valence-electron chi connectivity index (χ4n) is 8.81. The number of nitrogens with zero attached hydrogens (tertiary/aromatic N) is 5. The van der Waals surface area contributed by atoms with Crippen molar-refractivity contribution >= 4 is 65.6 Å². The minimum atomic E-state index is 0.789. The van der Waals surface area contributed by atoms with Crippen LogP contribution in [0.5, 0.6) is 0 Å². The molecule has 8 aromatic carbocycles. The monoisotopic (exact) mass is 717 g/mol. The van der Waals surface area contributed by atoms with E-state index in [0.717, 1.165) is 89.2 Å². The second-order valence-corrected chi connectivity index (χ2v) is 14.2. The first kappa shape index (κ1) is 30.7. The van der Waals surface area contributed by atoms with Crippen LogP contribution in [0, 0.1) is 0 Å². The molecule has 0 saturated carbocycles. The first-order chi connectivity index (χ1) is 27.8. The topological polar surface area (TPSA) is 53.7 Å². The van der Waals surface area contributed by atoms with Gasteiger partial charge in [-0.05, 0) is 72.8 Å². The van der Waals surface area contributed by atoms with E-state index in [1.54, 1.807) is 0 Å². The van der Waals surface area contributed by atoms with Crippen LogP contribution in [-0.4, -0.2) is 23.9 Å². The molecule has 4 heterocycles. The van der Waals surface area contributed by atoms with Crippen LogP contribution in [0.3, 0.4) is 0 Å². The number of para-hydroxylation sites is 6. The van der Waals surface area contributed by atoms with Crippen LogP contribution >= 0.6 is 0 Å². The summed E-state index contributed by atoms with van der Waals surface area (Å²) in [7, 11) is 0. The molecule has 4 aromatic heterocycles. The van der Waals surface area contributed by atoms with Crippen LogP contribution in [-0.2, 0) is 0 Å². The van der Waals surface area contributed by atoms with E-state index in [0.29, 0.717) is 0 Å². The molecule has 0 atom stereocenters. The van der Waals surface area contributed by atoms with Gasteiger partial charge in [-0.3, -0.25) is 4.57 Å². The van der Waals surface area contributed by atoms with Crippen molar-refractivity contribution in [1.29, 1.82) is 0 Å². The molecule has 0 radical (unpaired) electrons. The highest BCUT2D eigenvalue weighted by Crippen LogP contribution is 2.43. The van der Waals surface area contributed by atoms with Crippen LogP contribution < -0.4 is 0 Å². The smallest absolute Gasteiger partial charge is 0.168 e. The molecule has 56 heavy (non-hydrogen) atoms. The fourth-order valence-corrected chi connectivity index (χ4v) is 8.81. The van der Waals surface area contributed by atoms with Crippen LogP contribution in [0.15, 0.2) is 192 Å². The van der Waals surface area contributed by atoms with E-state index in [1.165, 1.54) is 16.2 Å². The summed E-state index contributed by atoms with van der Waals surface area (Å²) in [4.78, 5) is 0. The van der Waals surface area contributed by atoms with E-state index < -0.39 is 0 Å². The zero-order chi connectivity index (χ0) is 36.7. The van der Waals surface area contributed by atoms with Crippen molar-refractivity contribution in [3.05, 3.63) is 188 Å². The van der Waals surface area contributed by atoms with Crippen LogP contribution in [0.1, 0.15) is 0 Å². The summed E-state index contributed by atoms with van der Waals surface area (Å²) in [6.07, 6.45) is 0. The molecule has 0 aliphatic rings. The van der Waals surface area contributed by atoms with E-state index in [2.05, 4.69) is 171 Å². The van der Waals surface area contributed by atoms with Crippen LogP contribution in [0.4, 0.5) is 0 Å². The molecule has 0 bridgehead atoms. The Kier molecular flexibility index (Phi) is 6.53. The molecule has 262 valence electrons. The highest BCUT2D eigenvalue weighted by atomic mass is 16.3. The highest BCUT2D eigenvalue weighted by Gasteiger charge is 2.23. The van der Waals surface area contributed by atoms with Gasteiger partial charge in [0.25, 0.3) is 0 Å². The quantitative estimate of drug-likeness (QED) is 0.178. The van der Waals surface area contributed by atoms with Gasteiger partial charge in [-0.15, -0.1) is 10.2 Å². The molecule has 0 aliphatic carbocycles. The first-order valence-corrected chi connectivity index (χ1v) is 18.8. The Hall–Kier alpha value is -7.70. The molecular weight excluding hydrogens is 687 g/mol. The summed E-state index contributed by atoms with van der Waals surface area (Å²) in [5.74, 6) is 1.59. The normalized spacial score (nSPS) is 11.9. The Morgan fingerprint density at radius 2 is 0.893 bits per heavy atom. The van der Waals surface area contributed by atoms with Crippen molar-refractivity contribution < 1.29 is 4.42 Å².